The van der Waals surface area contributed by atoms with Crippen LogP contribution < -0.4 is 14.8 Å². The second-order valence-electron chi connectivity index (χ2n) is 4.71. The second-order valence-corrected chi connectivity index (χ2v) is 5.12. The summed E-state index contributed by atoms with van der Waals surface area (Å²) < 4.78 is 10.5. The number of aryl methyl sites for hydroxylation is 1. The number of halogens is 1. The first-order valence-electron chi connectivity index (χ1n) is 6.91. The van der Waals surface area contributed by atoms with Gasteiger partial charge in [-0.2, -0.15) is 0 Å². The van der Waals surface area contributed by atoms with Gasteiger partial charge in [-0.3, -0.25) is 0 Å². The summed E-state index contributed by atoms with van der Waals surface area (Å²) in [4.78, 5) is 0. The van der Waals surface area contributed by atoms with E-state index in [1.807, 2.05) is 6.07 Å². The van der Waals surface area contributed by atoms with Crippen molar-refractivity contribution in [2.45, 2.75) is 19.9 Å². The van der Waals surface area contributed by atoms with Crippen LogP contribution in [0.4, 0.5) is 5.69 Å². The third-order valence-corrected chi connectivity index (χ3v) is 3.70. The van der Waals surface area contributed by atoms with E-state index in [2.05, 4.69) is 36.5 Å². The molecular weight excluding hydrogens is 286 g/mol. The Morgan fingerprint density at radius 3 is 2.10 bits per heavy atom. The molecule has 0 fully saturated rings. The molecular formula is C17H20ClNO2. The lowest BCUT2D eigenvalue weighted by Crippen LogP contribution is -2.01. The summed E-state index contributed by atoms with van der Waals surface area (Å²) in [5.41, 5.74) is 3.37. The summed E-state index contributed by atoms with van der Waals surface area (Å²) in [7, 11) is 3.20. The number of benzene rings is 2. The quantitative estimate of drug-likeness (QED) is 0.850. The fourth-order valence-corrected chi connectivity index (χ4v) is 2.30. The van der Waals surface area contributed by atoms with Crippen molar-refractivity contribution in [2.75, 3.05) is 19.5 Å². The van der Waals surface area contributed by atoms with Crippen LogP contribution in [0.3, 0.4) is 0 Å². The number of rotatable bonds is 6. The normalized spacial score (nSPS) is 10.3. The van der Waals surface area contributed by atoms with Crippen molar-refractivity contribution in [1.29, 1.82) is 0 Å². The van der Waals surface area contributed by atoms with Gasteiger partial charge in [0.05, 0.1) is 24.9 Å². The topological polar surface area (TPSA) is 30.5 Å². The molecule has 0 aliphatic carbocycles. The van der Waals surface area contributed by atoms with E-state index >= 15 is 0 Å². The predicted molar refractivity (Wildman–Crippen MR) is 87.7 cm³/mol. The second kappa shape index (κ2) is 7.23. The van der Waals surface area contributed by atoms with Crippen molar-refractivity contribution in [3.05, 3.63) is 52.5 Å². The summed E-state index contributed by atoms with van der Waals surface area (Å²) in [6, 6.07) is 12.1. The lowest BCUT2D eigenvalue weighted by Gasteiger charge is -2.13. The van der Waals surface area contributed by atoms with Gasteiger partial charge in [-0.25, -0.2) is 0 Å². The molecule has 0 aliphatic rings. The number of anilines is 1. The van der Waals surface area contributed by atoms with E-state index in [0.29, 0.717) is 23.1 Å². The van der Waals surface area contributed by atoms with E-state index in [0.717, 1.165) is 12.1 Å². The standard InChI is InChI=1S/C17H20ClNO2/c1-4-12-5-7-13(8-6-12)11-19-15-10-17(21-3)16(20-2)9-14(15)18/h5-10,19H,4,11H2,1-3H3. The predicted octanol–water partition coefficient (Wildman–Crippen LogP) is 4.53. The molecule has 0 saturated carbocycles. The molecule has 0 aromatic heterocycles. The molecule has 2 aromatic carbocycles. The van der Waals surface area contributed by atoms with Crippen molar-refractivity contribution in [3.8, 4) is 11.5 Å². The number of nitrogens with one attached hydrogen (secondary N) is 1. The van der Waals surface area contributed by atoms with E-state index in [1.165, 1.54) is 11.1 Å². The van der Waals surface area contributed by atoms with Gasteiger partial charge in [0.1, 0.15) is 0 Å². The molecule has 0 saturated heterocycles. The van der Waals surface area contributed by atoms with Crippen LogP contribution in [0.15, 0.2) is 36.4 Å². The minimum absolute atomic E-state index is 0.609. The fourth-order valence-electron chi connectivity index (χ4n) is 2.08. The molecule has 0 spiro atoms. The summed E-state index contributed by atoms with van der Waals surface area (Å²) in [6.07, 6.45) is 1.05. The Morgan fingerprint density at radius 2 is 1.52 bits per heavy atom. The van der Waals surface area contributed by atoms with Crippen molar-refractivity contribution in [2.24, 2.45) is 0 Å². The maximum Gasteiger partial charge on any atom is 0.162 e. The highest BCUT2D eigenvalue weighted by Crippen LogP contribution is 2.36. The zero-order valence-electron chi connectivity index (χ0n) is 12.6. The summed E-state index contributed by atoms with van der Waals surface area (Å²) in [5, 5.41) is 3.93. The maximum absolute atomic E-state index is 6.25. The van der Waals surface area contributed by atoms with Crippen LogP contribution in [0.2, 0.25) is 5.02 Å². The average molecular weight is 306 g/mol. The number of hydrogen-bond acceptors (Lipinski definition) is 3. The molecule has 0 aliphatic heterocycles. The molecule has 2 aromatic rings. The van der Waals surface area contributed by atoms with Crippen LogP contribution in [-0.4, -0.2) is 14.2 Å². The van der Waals surface area contributed by atoms with Crippen LogP contribution in [0.5, 0.6) is 11.5 Å². The Morgan fingerprint density at radius 1 is 0.952 bits per heavy atom. The van der Waals surface area contributed by atoms with Gasteiger partial charge in [0.25, 0.3) is 0 Å². The van der Waals surface area contributed by atoms with Crippen molar-refractivity contribution in [1.82, 2.24) is 0 Å². The zero-order valence-corrected chi connectivity index (χ0v) is 13.3. The van der Waals surface area contributed by atoms with Crippen LogP contribution >= 0.6 is 11.6 Å². The first-order valence-corrected chi connectivity index (χ1v) is 7.29. The van der Waals surface area contributed by atoms with E-state index in [9.17, 15) is 0 Å². The van der Waals surface area contributed by atoms with Gasteiger partial charge >= 0.3 is 0 Å². The molecule has 0 bridgehead atoms. The monoisotopic (exact) mass is 305 g/mol. The number of methoxy groups -OCH3 is 2. The third-order valence-electron chi connectivity index (χ3n) is 3.39. The summed E-state index contributed by atoms with van der Waals surface area (Å²) in [6.45, 7) is 2.86. The third kappa shape index (κ3) is 3.82. The van der Waals surface area contributed by atoms with Crippen LogP contribution in [0, 0.1) is 0 Å². The zero-order chi connectivity index (χ0) is 15.2. The highest BCUT2D eigenvalue weighted by molar-refractivity contribution is 6.33. The molecule has 0 amide bonds. The van der Waals surface area contributed by atoms with Crippen molar-refractivity contribution >= 4 is 17.3 Å². The average Bonchev–Trinajstić information content (AvgIpc) is 2.53. The smallest absolute Gasteiger partial charge is 0.162 e. The van der Waals surface area contributed by atoms with Gasteiger partial charge in [-0.1, -0.05) is 42.8 Å². The molecule has 2 rings (SSSR count). The Bertz CT molecular complexity index is 596. The molecule has 0 atom stereocenters. The summed E-state index contributed by atoms with van der Waals surface area (Å²) in [5.74, 6) is 1.28. The largest absolute Gasteiger partial charge is 0.493 e. The molecule has 1 N–H and O–H groups in total. The highest BCUT2D eigenvalue weighted by atomic mass is 35.5. The number of ether oxygens (including phenoxy) is 2. The molecule has 0 unspecified atom stereocenters. The van der Waals surface area contributed by atoms with Gasteiger partial charge in [-0.05, 0) is 17.5 Å². The Kier molecular flexibility index (Phi) is 5.34. The van der Waals surface area contributed by atoms with E-state index in [1.54, 1.807) is 20.3 Å². The van der Waals surface area contributed by atoms with Gasteiger partial charge in [-0.15, -0.1) is 0 Å². The first-order chi connectivity index (χ1) is 10.2. The highest BCUT2D eigenvalue weighted by Gasteiger charge is 2.09. The van der Waals surface area contributed by atoms with E-state index in [-0.39, 0.29) is 0 Å². The van der Waals surface area contributed by atoms with Gasteiger partial charge in [0.15, 0.2) is 11.5 Å². The van der Waals surface area contributed by atoms with Gasteiger partial charge in [0, 0.05) is 18.7 Å². The lowest BCUT2D eigenvalue weighted by molar-refractivity contribution is 0.355. The van der Waals surface area contributed by atoms with Crippen molar-refractivity contribution in [3.63, 3.8) is 0 Å². The van der Waals surface area contributed by atoms with Crippen molar-refractivity contribution < 1.29 is 9.47 Å². The fraction of sp³-hybridized carbons (Fsp3) is 0.294. The van der Waals surface area contributed by atoms with Gasteiger partial charge < -0.3 is 14.8 Å². The molecule has 21 heavy (non-hydrogen) atoms. The Balaban J connectivity index is 2.11. The Hall–Kier alpha value is -1.87. The van der Waals surface area contributed by atoms with Crippen LogP contribution in [0.1, 0.15) is 18.1 Å². The minimum Gasteiger partial charge on any atom is -0.493 e. The van der Waals surface area contributed by atoms with Crippen LogP contribution in [-0.2, 0) is 13.0 Å². The minimum atomic E-state index is 0.609. The molecule has 0 heterocycles. The summed E-state index contributed by atoms with van der Waals surface area (Å²) >= 11 is 6.25. The van der Waals surface area contributed by atoms with Crippen LogP contribution in [0.25, 0.3) is 0 Å². The SMILES string of the molecule is CCc1ccc(CNc2cc(OC)c(OC)cc2Cl)cc1. The Labute approximate surface area is 130 Å². The van der Waals surface area contributed by atoms with E-state index in [4.69, 9.17) is 21.1 Å². The van der Waals surface area contributed by atoms with E-state index < -0.39 is 0 Å². The molecule has 3 nitrogen and oxygen atoms in total. The molecule has 4 heteroatoms. The van der Waals surface area contributed by atoms with Gasteiger partial charge in [0.2, 0.25) is 0 Å². The molecule has 112 valence electrons. The molecule has 0 radical (unpaired) electrons. The first kappa shape index (κ1) is 15.5. The number of hydrogen-bond donors (Lipinski definition) is 1. The maximum atomic E-state index is 6.25. The lowest BCUT2D eigenvalue weighted by atomic mass is 10.1.